The van der Waals surface area contributed by atoms with Crippen molar-refractivity contribution in [3.05, 3.63) is 112 Å². The van der Waals surface area contributed by atoms with E-state index in [1.54, 1.807) is 42.5 Å². The molecule has 0 atom stereocenters. The molecule has 1 aliphatic rings. The fourth-order valence-corrected chi connectivity index (χ4v) is 4.90. The quantitative estimate of drug-likeness (QED) is 0.278. The molecule has 4 aromatic carbocycles. The molecule has 1 N–H and O–H groups in total. The van der Waals surface area contributed by atoms with Crippen LogP contribution >= 0.6 is 23.4 Å². The van der Waals surface area contributed by atoms with Crippen LogP contribution in [-0.2, 0) is 11.4 Å². The summed E-state index contributed by atoms with van der Waals surface area (Å²) in [5, 5.41) is 10.9. The van der Waals surface area contributed by atoms with Gasteiger partial charge in [-0.15, -0.1) is 0 Å². The lowest BCUT2D eigenvalue weighted by Gasteiger charge is -2.14. The van der Waals surface area contributed by atoms with E-state index in [1.165, 1.54) is 12.1 Å². The number of rotatable bonds is 6. The van der Waals surface area contributed by atoms with Gasteiger partial charge < -0.3 is 9.84 Å². The van der Waals surface area contributed by atoms with Crippen molar-refractivity contribution in [1.82, 2.24) is 0 Å². The van der Waals surface area contributed by atoms with Crippen molar-refractivity contribution in [3.8, 4) is 5.75 Å². The number of carboxylic acids is 1. The van der Waals surface area contributed by atoms with Crippen molar-refractivity contribution in [3.63, 3.8) is 0 Å². The third-order valence-corrected chi connectivity index (χ3v) is 6.77. The van der Waals surface area contributed by atoms with E-state index in [0.717, 1.165) is 33.0 Å². The summed E-state index contributed by atoms with van der Waals surface area (Å²) in [6.45, 7) is 0.197. The molecule has 0 radical (unpaired) electrons. The largest absolute Gasteiger partial charge is 0.488 e. The molecule has 1 saturated heterocycles. The van der Waals surface area contributed by atoms with Gasteiger partial charge in [0.15, 0.2) is 0 Å². The van der Waals surface area contributed by atoms with E-state index in [2.05, 4.69) is 0 Å². The average molecular weight is 516 g/mol. The van der Waals surface area contributed by atoms with Gasteiger partial charge >= 0.3 is 5.97 Å². The van der Waals surface area contributed by atoms with Gasteiger partial charge in [-0.1, -0.05) is 60.1 Å². The average Bonchev–Trinajstić information content (AvgIpc) is 3.16. The van der Waals surface area contributed by atoms with Crippen LogP contribution in [0.5, 0.6) is 5.75 Å². The zero-order chi connectivity index (χ0) is 25.2. The molecule has 0 bridgehead atoms. The smallest absolute Gasteiger partial charge is 0.335 e. The number of thioether (sulfide) groups is 1. The predicted molar refractivity (Wildman–Crippen MR) is 142 cm³/mol. The number of hydrogen-bond acceptors (Lipinski definition) is 5. The Labute approximate surface area is 215 Å². The molecule has 0 spiro atoms. The summed E-state index contributed by atoms with van der Waals surface area (Å²) in [6.07, 6.45) is 1.68. The lowest BCUT2D eigenvalue weighted by molar-refractivity contribution is -0.113. The van der Waals surface area contributed by atoms with Gasteiger partial charge in [0.25, 0.3) is 11.1 Å². The van der Waals surface area contributed by atoms with Gasteiger partial charge in [0.05, 0.1) is 16.2 Å². The zero-order valence-corrected chi connectivity index (χ0v) is 20.3. The lowest BCUT2D eigenvalue weighted by atomic mass is 10.0. The summed E-state index contributed by atoms with van der Waals surface area (Å²) in [5.41, 5.74) is 2.07. The first-order valence-electron chi connectivity index (χ1n) is 10.9. The fourth-order valence-electron chi connectivity index (χ4n) is 3.89. The lowest BCUT2D eigenvalue weighted by Crippen LogP contribution is -2.27. The van der Waals surface area contributed by atoms with E-state index in [1.807, 2.05) is 36.4 Å². The number of carboxylic acid groups (broad SMARTS) is 1. The first kappa shape index (κ1) is 23.7. The molecule has 0 saturated carbocycles. The van der Waals surface area contributed by atoms with Crippen molar-refractivity contribution < 1.29 is 24.2 Å². The number of aromatic carboxylic acids is 1. The molecule has 5 rings (SSSR count). The first-order valence-corrected chi connectivity index (χ1v) is 12.1. The second-order valence-electron chi connectivity index (χ2n) is 7.99. The van der Waals surface area contributed by atoms with E-state index in [-0.39, 0.29) is 17.1 Å². The minimum Gasteiger partial charge on any atom is -0.488 e. The van der Waals surface area contributed by atoms with E-state index in [9.17, 15) is 14.4 Å². The zero-order valence-electron chi connectivity index (χ0n) is 18.7. The van der Waals surface area contributed by atoms with E-state index < -0.39 is 17.1 Å². The highest BCUT2D eigenvalue weighted by Crippen LogP contribution is 2.39. The number of halogens is 1. The number of hydrogen-bond donors (Lipinski definition) is 1. The number of ether oxygens (including phenoxy) is 1. The molecule has 2 amide bonds. The minimum absolute atomic E-state index is 0.195. The molecule has 6 nitrogen and oxygen atoms in total. The molecule has 1 heterocycles. The highest BCUT2D eigenvalue weighted by Gasteiger charge is 2.36. The van der Waals surface area contributed by atoms with Gasteiger partial charge in [-0.25, -0.2) is 9.69 Å². The monoisotopic (exact) mass is 515 g/mol. The number of carbonyl (C=O) groups excluding carboxylic acids is 2. The molecular formula is C28H18ClNO5S. The summed E-state index contributed by atoms with van der Waals surface area (Å²) in [5.74, 6) is -0.896. The van der Waals surface area contributed by atoms with Crippen molar-refractivity contribution in [2.75, 3.05) is 4.90 Å². The van der Waals surface area contributed by atoms with Crippen molar-refractivity contribution in [1.29, 1.82) is 0 Å². The van der Waals surface area contributed by atoms with Crippen LogP contribution in [0.15, 0.2) is 89.8 Å². The predicted octanol–water partition coefficient (Wildman–Crippen LogP) is 7.01. The molecule has 178 valence electrons. The Morgan fingerprint density at radius 1 is 0.972 bits per heavy atom. The number of benzene rings is 4. The van der Waals surface area contributed by atoms with E-state index >= 15 is 0 Å². The summed E-state index contributed by atoms with van der Waals surface area (Å²) in [4.78, 5) is 38.5. The molecule has 8 heteroatoms. The van der Waals surface area contributed by atoms with Crippen LogP contribution in [0.3, 0.4) is 0 Å². The van der Waals surface area contributed by atoms with Crippen molar-refractivity contribution >= 4 is 63.0 Å². The molecule has 0 aliphatic carbocycles. The maximum Gasteiger partial charge on any atom is 0.335 e. The SMILES string of the molecule is O=C(O)c1ccc(COc2ccc3ccccc3c2/C=C2/SC(=O)N(c3cccc(Cl)c3)C2=O)cc1. The molecule has 0 aromatic heterocycles. The third-order valence-electron chi connectivity index (χ3n) is 5.66. The van der Waals surface area contributed by atoms with Crippen molar-refractivity contribution in [2.45, 2.75) is 6.61 Å². The van der Waals surface area contributed by atoms with Crippen LogP contribution in [0.1, 0.15) is 21.5 Å². The Morgan fingerprint density at radius 2 is 1.75 bits per heavy atom. The van der Waals surface area contributed by atoms with Crippen molar-refractivity contribution in [2.24, 2.45) is 0 Å². The molecule has 0 unspecified atom stereocenters. The van der Waals surface area contributed by atoms with Crippen LogP contribution in [0, 0.1) is 0 Å². The van der Waals surface area contributed by atoms with Crippen LogP contribution < -0.4 is 9.64 Å². The molecule has 36 heavy (non-hydrogen) atoms. The summed E-state index contributed by atoms with van der Waals surface area (Å²) < 4.78 is 6.10. The second-order valence-corrected chi connectivity index (χ2v) is 9.42. The Hall–Kier alpha value is -4.07. The third kappa shape index (κ3) is 4.71. The first-order chi connectivity index (χ1) is 17.4. The maximum absolute atomic E-state index is 13.2. The highest BCUT2D eigenvalue weighted by molar-refractivity contribution is 8.19. The van der Waals surface area contributed by atoms with Gasteiger partial charge in [-0.3, -0.25) is 9.59 Å². The summed E-state index contributed by atoms with van der Waals surface area (Å²) in [7, 11) is 0. The van der Waals surface area contributed by atoms with Crippen LogP contribution in [0.25, 0.3) is 16.8 Å². The molecule has 1 aliphatic heterocycles. The Bertz CT molecular complexity index is 1550. The van der Waals surface area contributed by atoms with E-state index in [4.69, 9.17) is 21.4 Å². The highest BCUT2D eigenvalue weighted by atomic mass is 35.5. The molecule has 4 aromatic rings. The fraction of sp³-hybridized carbons (Fsp3) is 0.0357. The normalized spacial score (nSPS) is 14.6. The van der Waals surface area contributed by atoms with Crippen LogP contribution in [0.4, 0.5) is 10.5 Å². The number of carbonyl (C=O) groups is 3. The van der Waals surface area contributed by atoms with Gasteiger partial charge in [0, 0.05) is 10.6 Å². The standard InChI is InChI=1S/C28H18ClNO5S/c29-20-5-3-6-21(14-20)30-26(31)25(36-28(30)34)15-23-22-7-2-1-4-18(22)12-13-24(23)35-16-17-8-10-19(11-9-17)27(32)33/h1-15H,16H2,(H,32,33)/b25-15+. The Balaban J connectivity index is 1.50. The maximum atomic E-state index is 13.2. The number of amides is 2. The van der Waals surface area contributed by atoms with Gasteiger partial charge in [0.1, 0.15) is 12.4 Å². The minimum atomic E-state index is -0.994. The van der Waals surface area contributed by atoms with Crippen LogP contribution in [0.2, 0.25) is 5.02 Å². The van der Waals surface area contributed by atoms with Gasteiger partial charge in [-0.05, 0) is 70.6 Å². The summed E-state index contributed by atoms with van der Waals surface area (Å²) >= 11 is 6.92. The summed E-state index contributed by atoms with van der Waals surface area (Å²) in [6, 6.07) is 24.5. The van der Waals surface area contributed by atoms with Gasteiger partial charge in [0.2, 0.25) is 0 Å². The van der Waals surface area contributed by atoms with Crippen LogP contribution in [-0.4, -0.2) is 22.2 Å². The number of anilines is 1. The number of fused-ring (bicyclic) bond motifs is 1. The Kier molecular flexibility index (Phi) is 6.50. The molecule has 1 fully saturated rings. The topological polar surface area (TPSA) is 83.9 Å². The molecular weight excluding hydrogens is 498 g/mol. The second kappa shape index (κ2) is 9.89. The van der Waals surface area contributed by atoms with E-state index in [0.29, 0.717) is 22.0 Å². The number of nitrogens with zero attached hydrogens (tertiary/aromatic N) is 1. The number of imide groups is 1. The Morgan fingerprint density at radius 3 is 2.50 bits per heavy atom. The van der Waals surface area contributed by atoms with Gasteiger partial charge in [-0.2, -0.15) is 0 Å².